The summed E-state index contributed by atoms with van der Waals surface area (Å²) in [7, 11) is 1.93. The molecule has 23 heavy (non-hydrogen) atoms. The fraction of sp³-hybridized carbons (Fsp3) is 0.118. The molecular weight excluding hydrogens is 290 g/mol. The Labute approximate surface area is 134 Å². The van der Waals surface area contributed by atoms with Crippen LogP contribution >= 0.6 is 0 Å². The highest BCUT2D eigenvalue weighted by Gasteiger charge is 2.14. The highest BCUT2D eigenvalue weighted by atomic mass is 16.5. The van der Waals surface area contributed by atoms with Gasteiger partial charge in [-0.25, -0.2) is 4.98 Å². The fourth-order valence-corrected chi connectivity index (χ4v) is 2.21. The van der Waals surface area contributed by atoms with E-state index in [-0.39, 0.29) is 0 Å². The van der Waals surface area contributed by atoms with Gasteiger partial charge in [-0.2, -0.15) is 4.98 Å². The molecule has 0 unspecified atom stereocenters. The van der Waals surface area contributed by atoms with Gasteiger partial charge in [-0.1, -0.05) is 30.3 Å². The number of nitrogen functional groups attached to an aromatic ring is 1. The number of nitrogens with two attached hydrogens (primary N) is 1. The lowest BCUT2D eigenvalue weighted by Gasteiger charge is -2.20. The van der Waals surface area contributed by atoms with E-state index in [0.717, 1.165) is 0 Å². The van der Waals surface area contributed by atoms with Crippen LogP contribution in [-0.4, -0.2) is 22.0 Å². The van der Waals surface area contributed by atoms with Gasteiger partial charge in [0.05, 0.1) is 6.20 Å². The normalized spacial score (nSPS) is 10.3. The Kier molecular flexibility index (Phi) is 4.33. The van der Waals surface area contributed by atoms with Crippen LogP contribution in [0.4, 0.5) is 11.5 Å². The van der Waals surface area contributed by atoms with Gasteiger partial charge in [0, 0.05) is 19.8 Å². The predicted molar refractivity (Wildman–Crippen MR) is 89.3 cm³/mol. The minimum absolute atomic E-state index is 0.322. The first-order chi connectivity index (χ1) is 11.2. The second kappa shape index (κ2) is 6.74. The van der Waals surface area contributed by atoms with Crippen molar-refractivity contribution in [1.29, 1.82) is 0 Å². The summed E-state index contributed by atoms with van der Waals surface area (Å²) in [4.78, 5) is 14.3. The molecule has 0 aliphatic heterocycles. The Morgan fingerprint density at radius 1 is 1.09 bits per heavy atom. The SMILES string of the molecule is CN(Cc1ccccc1)c1ncnc(Oc2cccnc2)c1N. The first-order valence-electron chi connectivity index (χ1n) is 7.17. The molecule has 2 heterocycles. The summed E-state index contributed by atoms with van der Waals surface area (Å²) in [6.07, 6.45) is 4.73. The van der Waals surface area contributed by atoms with Crippen molar-refractivity contribution in [1.82, 2.24) is 15.0 Å². The minimum Gasteiger partial charge on any atom is -0.435 e. The van der Waals surface area contributed by atoms with Crippen molar-refractivity contribution in [3.8, 4) is 11.6 Å². The summed E-state index contributed by atoms with van der Waals surface area (Å²) in [5.74, 6) is 1.53. The molecule has 0 saturated heterocycles. The summed E-state index contributed by atoms with van der Waals surface area (Å²) in [6.45, 7) is 0.689. The van der Waals surface area contributed by atoms with Gasteiger partial charge in [0.25, 0.3) is 0 Å². The van der Waals surface area contributed by atoms with Crippen molar-refractivity contribution in [2.75, 3.05) is 17.7 Å². The molecule has 6 nitrogen and oxygen atoms in total. The molecule has 2 N–H and O–H groups in total. The average Bonchev–Trinajstić information content (AvgIpc) is 2.58. The van der Waals surface area contributed by atoms with Crippen LogP contribution < -0.4 is 15.4 Å². The molecule has 0 amide bonds. The summed E-state index contributed by atoms with van der Waals surface area (Å²) in [6, 6.07) is 13.7. The maximum absolute atomic E-state index is 6.17. The summed E-state index contributed by atoms with van der Waals surface area (Å²) >= 11 is 0. The van der Waals surface area contributed by atoms with E-state index in [2.05, 4.69) is 27.1 Å². The van der Waals surface area contributed by atoms with E-state index in [0.29, 0.717) is 29.7 Å². The smallest absolute Gasteiger partial charge is 0.248 e. The highest BCUT2D eigenvalue weighted by Crippen LogP contribution is 2.30. The van der Waals surface area contributed by atoms with E-state index < -0.39 is 0 Å². The van der Waals surface area contributed by atoms with Crippen LogP contribution in [0.25, 0.3) is 0 Å². The summed E-state index contributed by atoms with van der Waals surface area (Å²) in [5.41, 5.74) is 7.74. The topological polar surface area (TPSA) is 77.2 Å². The molecule has 0 spiro atoms. The van der Waals surface area contributed by atoms with Crippen molar-refractivity contribution in [3.63, 3.8) is 0 Å². The van der Waals surface area contributed by atoms with Crippen molar-refractivity contribution >= 4 is 11.5 Å². The van der Waals surface area contributed by atoms with E-state index >= 15 is 0 Å². The quantitative estimate of drug-likeness (QED) is 0.781. The Balaban J connectivity index is 1.81. The monoisotopic (exact) mass is 307 g/mol. The van der Waals surface area contributed by atoms with Gasteiger partial charge in [0.1, 0.15) is 17.8 Å². The first-order valence-corrected chi connectivity index (χ1v) is 7.17. The zero-order chi connectivity index (χ0) is 16.1. The molecule has 0 aliphatic carbocycles. The van der Waals surface area contributed by atoms with Gasteiger partial charge < -0.3 is 15.4 Å². The fourth-order valence-electron chi connectivity index (χ4n) is 2.21. The van der Waals surface area contributed by atoms with E-state index in [1.165, 1.54) is 11.9 Å². The zero-order valence-electron chi connectivity index (χ0n) is 12.8. The van der Waals surface area contributed by atoms with Crippen LogP contribution in [0.2, 0.25) is 0 Å². The number of hydrogen-bond acceptors (Lipinski definition) is 6. The van der Waals surface area contributed by atoms with E-state index in [9.17, 15) is 0 Å². The maximum atomic E-state index is 6.17. The van der Waals surface area contributed by atoms with Crippen molar-refractivity contribution in [2.24, 2.45) is 0 Å². The minimum atomic E-state index is 0.322. The van der Waals surface area contributed by atoms with Gasteiger partial charge in [-0.15, -0.1) is 0 Å². The molecule has 116 valence electrons. The van der Waals surface area contributed by atoms with Gasteiger partial charge in [0.15, 0.2) is 5.82 Å². The van der Waals surface area contributed by atoms with E-state index in [1.807, 2.05) is 30.1 Å². The lowest BCUT2D eigenvalue weighted by Crippen LogP contribution is -2.19. The van der Waals surface area contributed by atoms with Crippen LogP contribution in [0, 0.1) is 0 Å². The number of anilines is 2. The lowest BCUT2D eigenvalue weighted by molar-refractivity contribution is 0.462. The maximum Gasteiger partial charge on any atom is 0.248 e. The Bertz CT molecular complexity index is 764. The van der Waals surface area contributed by atoms with E-state index in [1.54, 1.807) is 24.5 Å². The molecule has 0 aliphatic rings. The molecule has 0 saturated carbocycles. The standard InChI is InChI=1S/C17H17N5O/c1-22(11-13-6-3-2-4-7-13)16-15(18)17(21-12-20-16)23-14-8-5-9-19-10-14/h2-10,12H,11,18H2,1H3. The van der Waals surface area contributed by atoms with Gasteiger partial charge in [-0.3, -0.25) is 4.98 Å². The van der Waals surface area contributed by atoms with Crippen LogP contribution in [0.5, 0.6) is 11.6 Å². The third-order valence-corrected chi connectivity index (χ3v) is 3.30. The van der Waals surface area contributed by atoms with Crippen molar-refractivity contribution in [3.05, 3.63) is 66.7 Å². The van der Waals surface area contributed by atoms with Gasteiger partial charge in [-0.05, 0) is 17.7 Å². The van der Waals surface area contributed by atoms with Crippen LogP contribution in [0.1, 0.15) is 5.56 Å². The van der Waals surface area contributed by atoms with Crippen LogP contribution in [0.15, 0.2) is 61.2 Å². The number of hydrogen-bond donors (Lipinski definition) is 1. The number of rotatable bonds is 5. The zero-order valence-corrected chi connectivity index (χ0v) is 12.8. The average molecular weight is 307 g/mol. The third-order valence-electron chi connectivity index (χ3n) is 3.30. The Morgan fingerprint density at radius 2 is 1.91 bits per heavy atom. The molecular formula is C17H17N5O. The Morgan fingerprint density at radius 3 is 2.65 bits per heavy atom. The Hall–Kier alpha value is -3.15. The highest BCUT2D eigenvalue weighted by molar-refractivity contribution is 5.68. The number of aromatic nitrogens is 3. The molecule has 0 bridgehead atoms. The van der Waals surface area contributed by atoms with Crippen LogP contribution in [0.3, 0.4) is 0 Å². The summed E-state index contributed by atoms with van der Waals surface area (Å²) in [5, 5.41) is 0. The van der Waals surface area contributed by atoms with Gasteiger partial charge in [0.2, 0.25) is 5.88 Å². The number of ether oxygens (including phenoxy) is 1. The second-order valence-corrected chi connectivity index (χ2v) is 5.05. The number of benzene rings is 1. The van der Waals surface area contributed by atoms with E-state index in [4.69, 9.17) is 10.5 Å². The lowest BCUT2D eigenvalue weighted by atomic mass is 10.2. The molecule has 1 aromatic carbocycles. The first kappa shape index (κ1) is 14.8. The summed E-state index contributed by atoms with van der Waals surface area (Å²) < 4.78 is 5.68. The largest absolute Gasteiger partial charge is 0.435 e. The van der Waals surface area contributed by atoms with Gasteiger partial charge >= 0.3 is 0 Å². The molecule has 6 heteroatoms. The molecule has 3 rings (SSSR count). The molecule has 3 aromatic rings. The van der Waals surface area contributed by atoms with Crippen molar-refractivity contribution in [2.45, 2.75) is 6.54 Å². The molecule has 0 atom stereocenters. The molecule has 0 radical (unpaired) electrons. The predicted octanol–water partition coefficient (Wildman–Crippen LogP) is 2.88. The third kappa shape index (κ3) is 3.55. The van der Waals surface area contributed by atoms with Crippen LogP contribution in [-0.2, 0) is 6.54 Å². The van der Waals surface area contributed by atoms with Crippen molar-refractivity contribution < 1.29 is 4.74 Å². The number of pyridine rings is 1. The number of nitrogens with zero attached hydrogens (tertiary/aromatic N) is 4. The molecule has 2 aromatic heterocycles. The second-order valence-electron chi connectivity index (χ2n) is 5.05. The molecule has 0 fully saturated rings.